The monoisotopic (exact) mass is 1730 g/mol. The van der Waals surface area contributed by atoms with Crippen LogP contribution in [0.25, 0.3) is 0 Å². The minimum atomic E-state index is -0.398. The van der Waals surface area contributed by atoms with Crippen LogP contribution in [0.1, 0.15) is 57.8 Å². The lowest BCUT2D eigenvalue weighted by atomic mass is 10.2. The van der Waals surface area contributed by atoms with E-state index in [0.717, 1.165) is 55.7 Å². The Morgan fingerprint density at radius 3 is 0.405 bits per heavy atom. The van der Waals surface area contributed by atoms with Crippen LogP contribution in [0.5, 0.6) is 0 Å². The van der Waals surface area contributed by atoms with Crippen LogP contribution in [0.2, 0.25) is 0 Å². The summed E-state index contributed by atoms with van der Waals surface area (Å²) in [5, 5.41) is 126. The molecular formula is C77H138N18O26. The van der Waals surface area contributed by atoms with Gasteiger partial charge in [0.15, 0.2) is 0 Å². The third kappa shape index (κ3) is 46.4. The van der Waals surface area contributed by atoms with Crippen LogP contribution in [0.4, 0.5) is 0 Å². The fourth-order valence-corrected chi connectivity index (χ4v) is 12.1. The molecule has 0 saturated carbocycles. The normalized spacial score (nSPS) is 14.2. The lowest BCUT2D eigenvalue weighted by Gasteiger charge is -2.42. The van der Waals surface area contributed by atoms with E-state index in [4.69, 9.17) is 40.9 Å². The maximum atomic E-state index is 13.1. The van der Waals surface area contributed by atoms with Gasteiger partial charge in [-0.25, -0.2) is 0 Å². The van der Waals surface area contributed by atoms with Gasteiger partial charge in [0.1, 0.15) is 0 Å². The summed E-state index contributed by atoms with van der Waals surface area (Å²) in [4.78, 5) is 175. The highest BCUT2D eigenvalue weighted by molar-refractivity contribution is 5.93. The molecule has 0 radical (unpaired) electrons. The summed E-state index contributed by atoms with van der Waals surface area (Å²) in [5.74, 6) is -3.78. The van der Waals surface area contributed by atoms with Crippen LogP contribution < -0.4 is 0 Å². The third-order valence-corrected chi connectivity index (χ3v) is 18.8. The van der Waals surface area contributed by atoms with E-state index in [-0.39, 0.29) is 276 Å². The zero-order chi connectivity index (χ0) is 91.0. The molecule has 0 atom stereocenters. The van der Waals surface area contributed by atoms with Crippen molar-refractivity contribution in [1.82, 2.24) is 88.2 Å². The molecule has 44 heteroatoms. The van der Waals surface area contributed by atoms with Gasteiger partial charge in [0.05, 0.1) is 159 Å². The van der Waals surface area contributed by atoms with Crippen LogP contribution in [0, 0.1) is 0 Å². The molecule has 4 rings (SSSR count). The molecule has 0 aromatic heterocycles. The quantitative estimate of drug-likeness (QED) is 0.0199. The van der Waals surface area contributed by atoms with Gasteiger partial charge in [-0.2, -0.15) is 0 Å². The number of unbranched alkanes of at least 4 members (excludes halogenated alkanes) is 2. The molecule has 0 bridgehead atoms. The Hall–Kier alpha value is -8.72. The van der Waals surface area contributed by atoms with E-state index < -0.39 is 5.91 Å². The van der Waals surface area contributed by atoms with Gasteiger partial charge in [0.2, 0.25) is 70.9 Å². The Balaban J connectivity index is 0.00000159. The van der Waals surface area contributed by atoms with Crippen LogP contribution in [-0.4, -0.2) is 521 Å². The average molecular weight is 1730 g/mol. The molecule has 4 heterocycles. The van der Waals surface area contributed by atoms with E-state index in [2.05, 4.69) is 39.5 Å². The number of aliphatic hydroxyl groups is 14. The summed E-state index contributed by atoms with van der Waals surface area (Å²) in [6.07, 6.45) is 9.98. The molecular weight excluding hydrogens is 1590 g/mol. The predicted molar refractivity (Wildman–Crippen MR) is 441 cm³/mol. The number of nitrogens with zero attached hydrogens (tertiary/aromatic N) is 18. The molecule has 4 aliphatic heterocycles. The minimum Gasteiger partial charge on any atom is -0.396 e. The van der Waals surface area contributed by atoms with Crippen LogP contribution in [0.15, 0.2) is 75.9 Å². The molecule has 0 aromatic rings. The van der Waals surface area contributed by atoms with Gasteiger partial charge in [-0.05, 0) is 55.7 Å². The van der Waals surface area contributed by atoms with Crippen molar-refractivity contribution >= 4 is 70.9 Å². The first-order chi connectivity index (χ1) is 58.1. The van der Waals surface area contributed by atoms with Crippen molar-refractivity contribution in [1.29, 1.82) is 0 Å². The number of aliphatic hydroxyl groups excluding tert-OH is 14. The largest absolute Gasteiger partial charge is 0.396 e. The van der Waals surface area contributed by atoms with Gasteiger partial charge in [0, 0.05) is 170 Å². The van der Waals surface area contributed by atoms with Crippen LogP contribution in [-0.2, 0) is 57.5 Å². The second kappa shape index (κ2) is 68.8. The Morgan fingerprint density at radius 2 is 0.298 bits per heavy atom. The maximum absolute atomic E-state index is 13.1. The summed E-state index contributed by atoms with van der Waals surface area (Å²) in [6.45, 7) is 26.2. The van der Waals surface area contributed by atoms with E-state index in [1.54, 1.807) is 29.4 Å². The summed E-state index contributed by atoms with van der Waals surface area (Å²) in [6, 6.07) is 0. The van der Waals surface area contributed by atoms with Crippen molar-refractivity contribution in [2.45, 2.75) is 57.8 Å². The SMILES string of the molecule is C=CC(=O)N1CN(C(=O)C=C)CN(C(=O)C=C)C1.C=CC(=O)N1CN(C(=O)C=C)CN(C(=O)CCN(CCO)CCO)C1.C=CC(=O)N1CN(C(=O)CCN(CCO)CCO)CN(C(=O)CCN(CCO)CCO)C1.O=C(CCN(CCO)CCO)N1CN(C(=O)CCN(CCO)CCO)CN(C(=O)CCN(CCO)CCO)C1.OCCCCCO. The second-order valence-corrected chi connectivity index (χ2v) is 27.5. The molecule has 4 fully saturated rings. The topological polar surface area (TPSA) is 546 Å². The number of amides is 12. The Morgan fingerprint density at radius 1 is 0.182 bits per heavy atom. The van der Waals surface area contributed by atoms with Crippen molar-refractivity contribution in [3.8, 4) is 0 Å². The molecule has 0 aromatic carbocycles. The molecule has 14 N–H and O–H groups in total. The van der Waals surface area contributed by atoms with Gasteiger partial charge < -0.3 is 130 Å². The summed E-state index contributed by atoms with van der Waals surface area (Å²) in [7, 11) is 0. The summed E-state index contributed by atoms with van der Waals surface area (Å²) >= 11 is 0. The van der Waals surface area contributed by atoms with Crippen molar-refractivity contribution in [3.63, 3.8) is 0 Å². The van der Waals surface area contributed by atoms with E-state index in [1.807, 2.05) is 0 Å². The van der Waals surface area contributed by atoms with Gasteiger partial charge in [0.25, 0.3) is 0 Å². The standard InChI is InChI=1S/C24H48N6O9.C20H37N5O7.C16H26N4O5.C12H15N3O3.C5H12O2/c31-13-7-25(8-14-32)4-1-22(37)28-19-29(23(38)2-5-26(9-15-33)10-16-34)21-30(20-28)24(39)3-6-27(11-17-35)12-18-36;1-2-18(30)23-15-24(19(31)3-5-21(7-11-26)8-12-27)17-25(16-23)20(32)4-6-22(9-13-28)10-14-29;1-3-14(23)18-11-19(15(24)4-2)13-20(12-18)16(25)5-6-17(7-9-21)8-10-22;1-4-10(16)13-7-14(11(17)5-2)9-15(8-13)12(18)6-3;6-4-2-1-3-5-7/h31-36H,1-21H2;2,26-29H,1,3-17H2;3-4,21-22H,1-2,5-13H2;4-6H,1-3,7-9H2;6-7H,1-5H2. The van der Waals surface area contributed by atoms with Crippen molar-refractivity contribution < 1.29 is 129 Å². The lowest BCUT2D eigenvalue weighted by Crippen LogP contribution is -2.60. The highest BCUT2D eigenvalue weighted by atomic mass is 16.3. The maximum Gasteiger partial charge on any atom is 0.248 e. The fraction of sp³-hybridized carbons (Fsp3) is 0.688. The Bertz CT molecular complexity index is 2830. The molecule has 0 spiro atoms. The molecule has 0 aliphatic carbocycles. The first-order valence-corrected chi connectivity index (χ1v) is 40.1. The zero-order valence-corrected chi connectivity index (χ0v) is 70.4. The number of carbonyl (C=O) groups excluding carboxylic acids is 12. The molecule has 4 aliphatic rings. The Kier molecular flexibility index (Phi) is 63.8. The molecule has 12 amide bonds. The number of hydrogen-bond acceptors (Lipinski definition) is 32. The van der Waals surface area contributed by atoms with Crippen molar-refractivity contribution in [2.24, 2.45) is 0 Å². The van der Waals surface area contributed by atoms with Gasteiger partial charge in [-0.1, -0.05) is 39.5 Å². The minimum absolute atomic E-state index is 0.00258. The van der Waals surface area contributed by atoms with Gasteiger partial charge >= 0.3 is 0 Å². The molecule has 4 saturated heterocycles. The van der Waals surface area contributed by atoms with E-state index in [0.29, 0.717) is 118 Å². The number of hydrogen-bond donors (Lipinski definition) is 14. The number of carbonyl (C=O) groups is 12. The van der Waals surface area contributed by atoms with Crippen molar-refractivity contribution in [2.75, 3.05) is 290 Å². The van der Waals surface area contributed by atoms with Crippen LogP contribution in [0.3, 0.4) is 0 Å². The fourth-order valence-electron chi connectivity index (χ4n) is 12.1. The van der Waals surface area contributed by atoms with Gasteiger partial charge in [-0.15, -0.1) is 0 Å². The summed E-state index contributed by atoms with van der Waals surface area (Å²) in [5.41, 5.74) is 0. The van der Waals surface area contributed by atoms with E-state index in [1.165, 1.54) is 58.8 Å². The zero-order valence-electron chi connectivity index (χ0n) is 70.4. The average Bonchev–Trinajstić information content (AvgIpc) is 0.840. The first kappa shape index (κ1) is 112. The lowest BCUT2D eigenvalue weighted by molar-refractivity contribution is -0.160. The molecule has 0 unspecified atom stereocenters. The van der Waals surface area contributed by atoms with Gasteiger partial charge in [-0.3, -0.25) is 86.9 Å². The van der Waals surface area contributed by atoms with E-state index >= 15 is 0 Å². The number of rotatable bonds is 52. The smallest absolute Gasteiger partial charge is 0.248 e. The first-order valence-electron chi connectivity index (χ1n) is 40.1. The van der Waals surface area contributed by atoms with E-state index in [9.17, 15) is 88.2 Å². The summed E-state index contributed by atoms with van der Waals surface area (Å²) < 4.78 is 0. The highest BCUT2D eigenvalue weighted by Crippen LogP contribution is 2.18. The molecule has 692 valence electrons. The highest BCUT2D eigenvalue weighted by Gasteiger charge is 2.36. The third-order valence-electron chi connectivity index (χ3n) is 18.8. The second-order valence-electron chi connectivity index (χ2n) is 27.5. The van der Waals surface area contributed by atoms with Crippen molar-refractivity contribution in [3.05, 3.63) is 75.9 Å². The molecule has 121 heavy (non-hydrogen) atoms. The van der Waals surface area contributed by atoms with Crippen LogP contribution >= 0.6 is 0 Å². The Labute approximate surface area is 709 Å². The molecule has 44 nitrogen and oxygen atoms in total. The predicted octanol–water partition coefficient (Wildman–Crippen LogP) is -9.25.